The molecule has 0 heterocycles. The Hall–Kier alpha value is -1.69. The average Bonchev–Trinajstić information content (AvgIpc) is 2.33. The van der Waals surface area contributed by atoms with Gasteiger partial charge in [-0.05, 0) is 31.2 Å². The Balaban J connectivity index is 0.000000327. The van der Waals surface area contributed by atoms with Crippen LogP contribution in [0, 0.1) is 5.41 Å². The van der Waals surface area contributed by atoms with Crippen LogP contribution in [0.5, 0.6) is 0 Å². The molecule has 3 N–H and O–H groups in total. The highest BCUT2D eigenvalue weighted by molar-refractivity contribution is 9.10. The number of halogens is 1. The number of carbonyl (C=O) groups excluding carboxylic acids is 2. The molecule has 6 heteroatoms. The number of carbonyl (C=O) groups is 2. The van der Waals surface area contributed by atoms with E-state index in [1.54, 1.807) is 6.92 Å². The van der Waals surface area contributed by atoms with Crippen LogP contribution in [0.1, 0.15) is 13.8 Å². The zero-order valence-electron chi connectivity index (χ0n) is 10.2. The number of nitrogen functional groups attached to an aromatic ring is 1. The summed E-state index contributed by atoms with van der Waals surface area (Å²) < 4.78 is 5.44. The van der Waals surface area contributed by atoms with Gasteiger partial charge in [-0.2, -0.15) is 0 Å². The maximum atomic E-state index is 10.5. The summed E-state index contributed by atoms with van der Waals surface area (Å²) in [5.74, 6) is -1.42. The summed E-state index contributed by atoms with van der Waals surface area (Å²) in [6.45, 7) is 2.96. The molecule has 0 saturated heterocycles. The molecular weight excluding hydrogens is 300 g/mol. The molecule has 5 nitrogen and oxygen atoms in total. The van der Waals surface area contributed by atoms with Crippen LogP contribution in [-0.4, -0.2) is 24.1 Å². The molecule has 1 aromatic rings. The Morgan fingerprint density at radius 3 is 2.17 bits per heavy atom. The molecule has 0 saturated carbocycles. The molecule has 1 aromatic carbocycles. The molecule has 0 unspecified atom stereocenters. The van der Waals surface area contributed by atoms with Crippen molar-refractivity contribution in [2.45, 2.75) is 13.8 Å². The molecule has 0 bridgehead atoms. The van der Waals surface area contributed by atoms with Gasteiger partial charge >= 0.3 is 5.97 Å². The van der Waals surface area contributed by atoms with Crippen LogP contribution in [-0.2, 0) is 14.3 Å². The van der Waals surface area contributed by atoms with E-state index in [4.69, 9.17) is 11.1 Å². The van der Waals surface area contributed by atoms with Crippen LogP contribution in [0.3, 0.4) is 0 Å². The van der Waals surface area contributed by atoms with E-state index in [0.717, 1.165) is 17.1 Å². The quantitative estimate of drug-likeness (QED) is 0.387. The summed E-state index contributed by atoms with van der Waals surface area (Å²) in [6, 6.07) is 7.53. The lowest BCUT2D eigenvalue weighted by Crippen LogP contribution is -2.22. The molecule has 0 atom stereocenters. The van der Waals surface area contributed by atoms with Gasteiger partial charge in [-0.15, -0.1) is 0 Å². The van der Waals surface area contributed by atoms with Crippen molar-refractivity contribution in [3.05, 3.63) is 28.7 Å². The molecule has 98 valence electrons. The monoisotopic (exact) mass is 314 g/mol. The van der Waals surface area contributed by atoms with E-state index in [2.05, 4.69) is 20.7 Å². The van der Waals surface area contributed by atoms with Crippen LogP contribution in [0.2, 0.25) is 0 Å². The van der Waals surface area contributed by atoms with Gasteiger partial charge in [-0.25, -0.2) is 4.79 Å². The highest BCUT2D eigenvalue weighted by Gasteiger charge is 2.13. The molecule has 0 aliphatic carbocycles. The van der Waals surface area contributed by atoms with Crippen molar-refractivity contribution in [1.29, 1.82) is 5.41 Å². The Morgan fingerprint density at radius 2 is 1.83 bits per heavy atom. The largest absolute Gasteiger partial charge is 0.461 e. The molecule has 0 spiro atoms. The number of nitrogens with one attached hydrogen (secondary N) is 1. The van der Waals surface area contributed by atoms with E-state index in [0.29, 0.717) is 0 Å². The highest BCUT2D eigenvalue weighted by atomic mass is 79.9. The van der Waals surface area contributed by atoms with E-state index in [1.165, 1.54) is 0 Å². The third-order valence-electron chi connectivity index (χ3n) is 1.70. The van der Waals surface area contributed by atoms with Gasteiger partial charge in [0.1, 0.15) is 0 Å². The number of esters is 1. The van der Waals surface area contributed by atoms with Gasteiger partial charge in [0.05, 0.1) is 6.61 Å². The van der Waals surface area contributed by atoms with Crippen LogP contribution in [0.15, 0.2) is 28.7 Å². The SMILES string of the molecule is CCOC(=O)C(=N)C(C)=O.Nc1ccc(Br)cc1. The van der Waals surface area contributed by atoms with Crippen LogP contribution >= 0.6 is 15.9 Å². The fraction of sp³-hybridized carbons (Fsp3) is 0.250. The van der Waals surface area contributed by atoms with Crippen LogP contribution < -0.4 is 5.73 Å². The van der Waals surface area contributed by atoms with Gasteiger partial charge in [0.2, 0.25) is 0 Å². The fourth-order valence-electron chi connectivity index (χ4n) is 0.810. The predicted octanol–water partition coefficient (Wildman–Crippen LogP) is 2.19. The minimum Gasteiger partial charge on any atom is -0.461 e. The maximum absolute atomic E-state index is 10.5. The molecule has 1 rings (SSSR count). The average molecular weight is 315 g/mol. The third-order valence-corrected chi connectivity index (χ3v) is 2.23. The first kappa shape index (κ1) is 16.3. The number of hydrogen-bond donors (Lipinski definition) is 2. The normalized spacial score (nSPS) is 8.83. The zero-order chi connectivity index (χ0) is 14.1. The van der Waals surface area contributed by atoms with Gasteiger partial charge < -0.3 is 10.5 Å². The van der Waals surface area contributed by atoms with E-state index in [-0.39, 0.29) is 6.61 Å². The summed E-state index contributed by atoms with van der Waals surface area (Å²) in [6.07, 6.45) is 0. The number of Topliss-reactive ketones (excluding diaryl/α,β-unsaturated/α-hetero) is 1. The second-order valence-corrected chi connectivity index (χ2v) is 4.12. The van der Waals surface area contributed by atoms with E-state index >= 15 is 0 Å². The summed E-state index contributed by atoms with van der Waals surface area (Å²) in [5, 5.41) is 6.83. The van der Waals surface area contributed by atoms with Gasteiger partial charge in [0.25, 0.3) is 0 Å². The van der Waals surface area contributed by atoms with Crippen LogP contribution in [0.25, 0.3) is 0 Å². The molecule has 0 aliphatic heterocycles. The highest BCUT2D eigenvalue weighted by Crippen LogP contribution is 2.10. The van der Waals surface area contributed by atoms with Crippen molar-refractivity contribution in [2.24, 2.45) is 0 Å². The second-order valence-electron chi connectivity index (χ2n) is 3.20. The summed E-state index contributed by atoms with van der Waals surface area (Å²) >= 11 is 3.29. The predicted molar refractivity (Wildman–Crippen MR) is 73.6 cm³/mol. The standard InChI is InChI=1S/C6H6BrN.C6H9NO3/c7-5-1-3-6(8)4-2-5;1-3-10-6(9)5(7)4(2)8/h1-4H,8H2;7H,3H2,1-2H3. The van der Waals surface area contributed by atoms with E-state index < -0.39 is 17.5 Å². The number of ether oxygens (including phenoxy) is 1. The van der Waals surface area contributed by atoms with Crippen LogP contribution in [0.4, 0.5) is 5.69 Å². The number of nitrogens with two attached hydrogens (primary N) is 1. The molecule has 0 aromatic heterocycles. The molecule has 18 heavy (non-hydrogen) atoms. The molecule has 0 radical (unpaired) electrons. The van der Waals surface area contributed by atoms with Crippen molar-refractivity contribution >= 4 is 39.1 Å². The summed E-state index contributed by atoms with van der Waals surface area (Å²) in [4.78, 5) is 20.9. The minimum atomic E-state index is -0.852. The third kappa shape index (κ3) is 6.80. The fourth-order valence-corrected chi connectivity index (χ4v) is 1.07. The van der Waals surface area contributed by atoms with E-state index in [1.807, 2.05) is 24.3 Å². The van der Waals surface area contributed by atoms with Crippen molar-refractivity contribution in [2.75, 3.05) is 12.3 Å². The number of ketones is 1. The molecule has 0 aliphatic rings. The van der Waals surface area contributed by atoms with E-state index in [9.17, 15) is 9.59 Å². The van der Waals surface area contributed by atoms with Gasteiger partial charge in [-0.1, -0.05) is 15.9 Å². The maximum Gasteiger partial charge on any atom is 0.359 e. The molecular formula is C12H15BrN2O3. The Morgan fingerprint density at radius 1 is 1.33 bits per heavy atom. The topological polar surface area (TPSA) is 93.2 Å². The number of benzene rings is 1. The van der Waals surface area contributed by atoms with Crippen molar-refractivity contribution < 1.29 is 14.3 Å². The number of anilines is 1. The van der Waals surface area contributed by atoms with Gasteiger partial charge in [0, 0.05) is 17.1 Å². The van der Waals surface area contributed by atoms with Gasteiger partial charge in [-0.3, -0.25) is 10.2 Å². The van der Waals surface area contributed by atoms with Gasteiger partial charge in [0.15, 0.2) is 11.5 Å². The van der Waals surface area contributed by atoms with Crippen molar-refractivity contribution in [3.63, 3.8) is 0 Å². The number of hydrogen-bond acceptors (Lipinski definition) is 5. The first-order valence-electron chi connectivity index (χ1n) is 5.16. The molecule has 0 fully saturated rings. The Bertz CT molecular complexity index is 408. The number of rotatable bonds is 3. The Kier molecular flexibility index (Phi) is 7.62. The summed E-state index contributed by atoms with van der Waals surface area (Å²) in [5.41, 5.74) is 5.61. The summed E-state index contributed by atoms with van der Waals surface area (Å²) in [7, 11) is 0. The lowest BCUT2D eigenvalue weighted by Gasteiger charge is -1.97. The van der Waals surface area contributed by atoms with Crippen molar-refractivity contribution in [1.82, 2.24) is 0 Å². The first-order valence-corrected chi connectivity index (χ1v) is 5.95. The minimum absolute atomic E-state index is 0.189. The lowest BCUT2D eigenvalue weighted by molar-refractivity contribution is -0.135. The molecule has 0 amide bonds. The van der Waals surface area contributed by atoms with Crippen molar-refractivity contribution in [3.8, 4) is 0 Å². The Labute approximate surface area is 114 Å². The second kappa shape index (κ2) is 8.41. The zero-order valence-corrected chi connectivity index (χ0v) is 11.8. The smallest absolute Gasteiger partial charge is 0.359 e. The first-order chi connectivity index (χ1) is 8.38. The lowest BCUT2D eigenvalue weighted by atomic mass is 10.3.